The molecular formula is C17H22ClNO3. The summed E-state index contributed by atoms with van der Waals surface area (Å²) in [5, 5.41) is 20.2. The molecule has 0 aromatic heterocycles. The Kier molecular flexibility index (Phi) is 5.59. The second kappa shape index (κ2) is 7.25. The Morgan fingerprint density at radius 1 is 1.32 bits per heavy atom. The smallest absolute Gasteiger partial charge is 0.303 e. The minimum atomic E-state index is -1.32. The number of aliphatic hydroxyl groups is 1. The zero-order valence-corrected chi connectivity index (χ0v) is 13.5. The van der Waals surface area contributed by atoms with E-state index in [2.05, 4.69) is 11.9 Å². The highest BCUT2D eigenvalue weighted by Crippen LogP contribution is 2.43. The molecule has 120 valence electrons. The SMILES string of the molecule is CCCC(Cl)CCC(CC(=O)O)C1(O)C=Nc2ccccc21. The van der Waals surface area contributed by atoms with Gasteiger partial charge in [-0.25, -0.2) is 0 Å². The summed E-state index contributed by atoms with van der Waals surface area (Å²) in [7, 11) is 0. The molecule has 0 bridgehead atoms. The zero-order chi connectivity index (χ0) is 16.2. The van der Waals surface area contributed by atoms with Crippen molar-refractivity contribution in [1.29, 1.82) is 0 Å². The Labute approximate surface area is 135 Å². The van der Waals surface area contributed by atoms with Crippen LogP contribution in [0.25, 0.3) is 0 Å². The van der Waals surface area contributed by atoms with Gasteiger partial charge in [-0.1, -0.05) is 31.5 Å². The third kappa shape index (κ3) is 3.68. The molecular weight excluding hydrogens is 302 g/mol. The van der Waals surface area contributed by atoms with Crippen molar-refractivity contribution in [3.8, 4) is 0 Å². The van der Waals surface area contributed by atoms with Gasteiger partial charge in [-0.2, -0.15) is 0 Å². The monoisotopic (exact) mass is 323 g/mol. The van der Waals surface area contributed by atoms with Gasteiger partial charge in [-0.3, -0.25) is 9.79 Å². The molecule has 3 atom stereocenters. The van der Waals surface area contributed by atoms with Crippen LogP contribution in [-0.2, 0) is 10.4 Å². The molecule has 0 spiro atoms. The molecule has 22 heavy (non-hydrogen) atoms. The van der Waals surface area contributed by atoms with Crippen molar-refractivity contribution in [3.63, 3.8) is 0 Å². The fraction of sp³-hybridized carbons (Fsp3) is 0.529. The summed E-state index contributed by atoms with van der Waals surface area (Å²) in [4.78, 5) is 15.4. The lowest BCUT2D eigenvalue weighted by Crippen LogP contribution is -2.36. The van der Waals surface area contributed by atoms with Gasteiger partial charge in [0.25, 0.3) is 0 Å². The summed E-state index contributed by atoms with van der Waals surface area (Å²) in [6.45, 7) is 2.07. The van der Waals surface area contributed by atoms with E-state index in [0.29, 0.717) is 24.1 Å². The molecule has 4 nitrogen and oxygen atoms in total. The third-order valence-electron chi connectivity index (χ3n) is 4.21. The number of hydrogen-bond donors (Lipinski definition) is 2. The van der Waals surface area contributed by atoms with Crippen LogP contribution in [0.5, 0.6) is 0 Å². The average molecular weight is 324 g/mol. The molecule has 5 heteroatoms. The van der Waals surface area contributed by atoms with Crippen molar-refractivity contribution in [2.75, 3.05) is 0 Å². The summed E-state index contributed by atoms with van der Waals surface area (Å²) < 4.78 is 0. The predicted molar refractivity (Wildman–Crippen MR) is 88.0 cm³/mol. The highest BCUT2D eigenvalue weighted by molar-refractivity contribution is 6.20. The molecule has 1 aromatic rings. The Hall–Kier alpha value is -1.39. The zero-order valence-electron chi connectivity index (χ0n) is 12.7. The molecule has 1 aromatic carbocycles. The number of rotatable bonds is 8. The lowest BCUT2D eigenvalue weighted by atomic mass is 9.78. The third-order valence-corrected chi connectivity index (χ3v) is 4.65. The average Bonchev–Trinajstić information content (AvgIpc) is 2.83. The van der Waals surface area contributed by atoms with Crippen LogP contribution in [0, 0.1) is 5.92 Å². The standard InChI is InChI=1S/C17H22ClNO3/c1-2-5-13(18)9-8-12(10-16(20)21)17(22)11-19-15-7-4-3-6-14(15)17/h3-4,6-7,11-13,22H,2,5,8-10H2,1H3,(H,20,21). The van der Waals surface area contributed by atoms with Gasteiger partial charge in [0.15, 0.2) is 0 Å². The van der Waals surface area contributed by atoms with Crippen LogP contribution >= 0.6 is 11.6 Å². The van der Waals surface area contributed by atoms with E-state index in [4.69, 9.17) is 11.6 Å². The lowest BCUT2D eigenvalue weighted by molar-refractivity contribution is -0.140. The van der Waals surface area contributed by atoms with Crippen LogP contribution in [0.3, 0.4) is 0 Å². The molecule has 1 heterocycles. The molecule has 1 aliphatic heterocycles. The van der Waals surface area contributed by atoms with E-state index in [-0.39, 0.29) is 11.8 Å². The summed E-state index contributed by atoms with van der Waals surface area (Å²) in [6, 6.07) is 7.31. The van der Waals surface area contributed by atoms with E-state index in [9.17, 15) is 15.0 Å². The Bertz CT molecular complexity index is 561. The van der Waals surface area contributed by atoms with E-state index < -0.39 is 17.5 Å². The van der Waals surface area contributed by atoms with E-state index in [1.165, 1.54) is 6.21 Å². The van der Waals surface area contributed by atoms with Crippen LogP contribution in [0.2, 0.25) is 0 Å². The number of fused-ring (bicyclic) bond motifs is 1. The Morgan fingerprint density at radius 3 is 2.73 bits per heavy atom. The number of halogens is 1. The molecule has 0 saturated carbocycles. The fourth-order valence-electron chi connectivity index (χ4n) is 3.02. The number of nitrogens with zero attached hydrogens (tertiary/aromatic N) is 1. The summed E-state index contributed by atoms with van der Waals surface area (Å²) in [5.74, 6) is -1.35. The number of hydrogen-bond acceptors (Lipinski definition) is 3. The molecule has 2 rings (SSSR count). The van der Waals surface area contributed by atoms with Gasteiger partial charge in [-0.05, 0) is 25.3 Å². The van der Waals surface area contributed by atoms with Crippen molar-refractivity contribution in [3.05, 3.63) is 29.8 Å². The van der Waals surface area contributed by atoms with Gasteiger partial charge in [0.1, 0.15) is 5.60 Å². The first-order chi connectivity index (χ1) is 10.5. The van der Waals surface area contributed by atoms with Crippen LogP contribution < -0.4 is 0 Å². The number of benzene rings is 1. The van der Waals surface area contributed by atoms with Crippen LogP contribution in [0.15, 0.2) is 29.3 Å². The first-order valence-electron chi connectivity index (χ1n) is 7.70. The topological polar surface area (TPSA) is 69.9 Å². The van der Waals surface area contributed by atoms with E-state index in [0.717, 1.165) is 12.8 Å². The molecule has 0 radical (unpaired) electrons. The quantitative estimate of drug-likeness (QED) is 0.713. The number of carbonyl (C=O) groups is 1. The maximum absolute atomic E-state index is 11.2. The Balaban J connectivity index is 2.19. The number of para-hydroxylation sites is 1. The van der Waals surface area contributed by atoms with Gasteiger partial charge < -0.3 is 10.2 Å². The first kappa shape index (κ1) is 17.0. The van der Waals surface area contributed by atoms with Gasteiger partial charge in [0.05, 0.1) is 12.1 Å². The van der Waals surface area contributed by atoms with Crippen molar-refractivity contribution in [2.24, 2.45) is 10.9 Å². The van der Waals surface area contributed by atoms with Crippen LogP contribution in [0.1, 0.15) is 44.6 Å². The highest BCUT2D eigenvalue weighted by atomic mass is 35.5. The van der Waals surface area contributed by atoms with Gasteiger partial charge in [0, 0.05) is 23.1 Å². The normalized spacial score (nSPS) is 22.3. The lowest BCUT2D eigenvalue weighted by Gasteiger charge is -2.31. The number of carboxylic acids is 1. The second-order valence-corrected chi connectivity index (χ2v) is 6.48. The first-order valence-corrected chi connectivity index (χ1v) is 8.14. The molecule has 0 saturated heterocycles. The van der Waals surface area contributed by atoms with E-state index >= 15 is 0 Å². The Morgan fingerprint density at radius 2 is 2.05 bits per heavy atom. The number of aliphatic carboxylic acids is 1. The van der Waals surface area contributed by atoms with Crippen molar-refractivity contribution in [2.45, 2.75) is 50.0 Å². The van der Waals surface area contributed by atoms with Crippen molar-refractivity contribution >= 4 is 29.5 Å². The number of alkyl halides is 1. The van der Waals surface area contributed by atoms with Crippen LogP contribution in [0.4, 0.5) is 5.69 Å². The van der Waals surface area contributed by atoms with E-state index in [1.807, 2.05) is 18.2 Å². The number of aliphatic imine (C=N–C) groups is 1. The minimum absolute atomic E-state index is 0.0125. The minimum Gasteiger partial charge on any atom is -0.481 e. The molecule has 2 N–H and O–H groups in total. The highest BCUT2D eigenvalue weighted by Gasteiger charge is 2.42. The maximum atomic E-state index is 11.2. The summed E-state index contributed by atoms with van der Waals surface area (Å²) >= 11 is 6.25. The van der Waals surface area contributed by atoms with Gasteiger partial charge >= 0.3 is 5.97 Å². The molecule has 0 amide bonds. The molecule has 0 aliphatic carbocycles. The predicted octanol–water partition coefficient (Wildman–Crippen LogP) is 3.87. The molecule has 3 unspecified atom stereocenters. The van der Waals surface area contributed by atoms with Gasteiger partial charge in [-0.15, -0.1) is 11.6 Å². The van der Waals surface area contributed by atoms with Gasteiger partial charge in [0.2, 0.25) is 0 Å². The molecule has 1 aliphatic rings. The summed E-state index contributed by atoms with van der Waals surface area (Å²) in [6.07, 6.45) is 4.50. The maximum Gasteiger partial charge on any atom is 0.303 e. The largest absolute Gasteiger partial charge is 0.481 e. The number of carboxylic acid groups (broad SMARTS) is 1. The van der Waals surface area contributed by atoms with Crippen molar-refractivity contribution in [1.82, 2.24) is 0 Å². The summed E-state index contributed by atoms with van der Waals surface area (Å²) in [5.41, 5.74) is 0.0666. The molecule has 0 fully saturated rings. The van der Waals surface area contributed by atoms with Crippen molar-refractivity contribution < 1.29 is 15.0 Å². The second-order valence-electron chi connectivity index (χ2n) is 5.86. The fourth-order valence-corrected chi connectivity index (χ4v) is 3.36. The van der Waals surface area contributed by atoms with E-state index in [1.54, 1.807) is 6.07 Å². The van der Waals surface area contributed by atoms with Crippen LogP contribution in [-0.4, -0.2) is 27.8 Å².